The molecule has 0 saturated carbocycles. The van der Waals surface area contributed by atoms with Crippen LogP contribution >= 0.6 is 15.9 Å². The molecule has 0 spiro atoms. The Morgan fingerprint density at radius 3 is 3.00 bits per heavy atom. The van der Waals surface area contributed by atoms with Crippen molar-refractivity contribution >= 4 is 21.6 Å². The summed E-state index contributed by atoms with van der Waals surface area (Å²) in [5.41, 5.74) is 8.57. The van der Waals surface area contributed by atoms with Crippen LogP contribution in [0.3, 0.4) is 0 Å². The third kappa shape index (κ3) is 1.97. The Hall–Kier alpha value is -0.940. The van der Waals surface area contributed by atoms with Gasteiger partial charge in [-0.15, -0.1) is 0 Å². The number of aromatic nitrogens is 3. The van der Waals surface area contributed by atoms with Gasteiger partial charge in [-0.05, 0) is 34.8 Å². The van der Waals surface area contributed by atoms with Crippen LogP contribution in [-0.4, -0.2) is 14.6 Å². The zero-order valence-corrected chi connectivity index (χ0v) is 10.9. The number of fused-ring (bicyclic) bond motifs is 1. The van der Waals surface area contributed by atoms with Crippen LogP contribution in [-0.2, 0) is 13.0 Å². The van der Waals surface area contributed by atoms with E-state index in [4.69, 9.17) is 5.73 Å². The van der Waals surface area contributed by atoms with Gasteiger partial charge >= 0.3 is 0 Å². The minimum atomic E-state index is 0.473. The van der Waals surface area contributed by atoms with Crippen molar-refractivity contribution in [3.05, 3.63) is 28.1 Å². The Morgan fingerprint density at radius 1 is 1.50 bits per heavy atom. The lowest BCUT2D eigenvalue weighted by atomic mass is 10.2. The molecule has 0 aliphatic carbocycles. The van der Waals surface area contributed by atoms with Crippen LogP contribution < -0.4 is 5.73 Å². The Bertz CT molecular complexity index is 492. The van der Waals surface area contributed by atoms with Crippen molar-refractivity contribution in [2.24, 2.45) is 5.73 Å². The number of hydrogen-bond acceptors (Lipinski definition) is 3. The average molecular weight is 283 g/mol. The van der Waals surface area contributed by atoms with Gasteiger partial charge in [-0.2, -0.15) is 5.10 Å². The zero-order chi connectivity index (χ0) is 11.5. The van der Waals surface area contributed by atoms with Crippen molar-refractivity contribution in [2.45, 2.75) is 32.7 Å². The molecule has 0 fully saturated rings. The van der Waals surface area contributed by atoms with Crippen molar-refractivity contribution in [3.8, 4) is 0 Å². The molecule has 0 aromatic carbocycles. The van der Waals surface area contributed by atoms with Crippen molar-refractivity contribution in [2.75, 3.05) is 0 Å². The first-order chi connectivity index (χ1) is 7.77. The highest BCUT2D eigenvalue weighted by molar-refractivity contribution is 9.10. The summed E-state index contributed by atoms with van der Waals surface area (Å²) in [5, 5.41) is 4.55. The van der Waals surface area contributed by atoms with Crippen molar-refractivity contribution in [1.29, 1.82) is 0 Å². The molecule has 5 heteroatoms. The maximum atomic E-state index is 5.67. The molecule has 0 aliphatic rings. The van der Waals surface area contributed by atoms with Gasteiger partial charge in [0.05, 0.1) is 15.9 Å². The summed E-state index contributed by atoms with van der Waals surface area (Å²) in [7, 11) is 0. The fraction of sp³-hybridized carbons (Fsp3) is 0.455. The smallest absolute Gasteiger partial charge is 0.169 e. The van der Waals surface area contributed by atoms with E-state index in [2.05, 4.69) is 32.9 Å². The van der Waals surface area contributed by atoms with Crippen molar-refractivity contribution < 1.29 is 0 Å². The first-order valence-corrected chi connectivity index (χ1v) is 6.28. The number of rotatable bonds is 4. The summed E-state index contributed by atoms with van der Waals surface area (Å²) in [5.74, 6) is 0. The molecule has 0 aliphatic heterocycles. The molecule has 2 N–H and O–H groups in total. The van der Waals surface area contributed by atoms with Crippen LogP contribution in [0.5, 0.6) is 0 Å². The van der Waals surface area contributed by atoms with Gasteiger partial charge in [-0.25, -0.2) is 9.50 Å². The Labute approximate surface area is 103 Å². The number of aryl methyl sites for hydroxylation is 1. The molecule has 0 atom stereocenters. The van der Waals surface area contributed by atoms with Crippen LogP contribution in [0.4, 0.5) is 0 Å². The van der Waals surface area contributed by atoms with Crippen LogP contribution in [0, 0.1) is 0 Å². The summed E-state index contributed by atoms with van der Waals surface area (Å²) in [6, 6.07) is 1.90. The van der Waals surface area contributed by atoms with Gasteiger partial charge in [0, 0.05) is 12.7 Å². The SMILES string of the molecule is CCCCc1nn2c(CN)ccnc2c1Br. The number of halogens is 1. The Kier molecular flexibility index (Phi) is 3.56. The van der Waals surface area contributed by atoms with E-state index in [-0.39, 0.29) is 0 Å². The van der Waals surface area contributed by atoms with Crippen LogP contribution in [0.15, 0.2) is 16.7 Å². The lowest BCUT2D eigenvalue weighted by Crippen LogP contribution is -2.05. The molecule has 0 amide bonds. The minimum Gasteiger partial charge on any atom is -0.325 e. The second kappa shape index (κ2) is 4.93. The predicted molar refractivity (Wildman–Crippen MR) is 67.2 cm³/mol. The monoisotopic (exact) mass is 282 g/mol. The molecule has 16 heavy (non-hydrogen) atoms. The molecule has 2 aromatic rings. The third-order valence-corrected chi connectivity index (χ3v) is 3.40. The second-order valence-corrected chi connectivity index (χ2v) is 4.53. The lowest BCUT2D eigenvalue weighted by Gasteiger charge is -1.99. The van der Waals surface area contributed by atoms with Crippen LogP contribution in [0.25, 0.3) is 5.65 Å². The highest BCUT2D eigenvalue weighted by Crippen LogP contribution is 2.23. The van der Waals surface area contributed by atoms with E-state index in [0.29, 0.717) is 6.54 Å². The third-order valence-electron chi connectivity index (χ3n) is 2.58. The van der Waals surface area contributed by atoms with E-state index in [1.807, 2.05) is 10.6 Å². The molecule has 2 rings (SSSR count). The predicted octanol–water partition coefficient (Wildman–Crippen LogP) is 2.29. The fourth-order valence-corrected chi connectivity index (χ4v) is 2.22. The molecule has 86 valence electrons. The van der Waals surface area contributed by atoms with Crippen LogP contribution in [0.1, 0.15) is 31.2 Å². The molecular formula is C11H15BrN4. The molecule has 0 saturated heterocycles. The summed E-state index contributed by atoms with van der Waals surface area (Å²) in [6.45, 7) is 2.65. The summed E-state index contributed by atoms with van der Waals surface area (Å²) >= 11 is 3.56. The number of nitrogens with zero attached hydrogens (tertiary/aromatic N) is 3. The topological polar surface area (TPSA) is 56.2 Å². The van der Waals surface area contributed by atoms with Gasteiger partial charge in [0.25, 0.3) is 0 Å². The molecular weight excluding hydrogens is 268 g/mol. The standard InChI is InChI=1S/C11H15BrN4/c1-2-3-4-9-10(12)11-14-6-5-8(7-13)16(11)15-9/h5-6H,2-4,7,13H2,1H3. The lowest BCUT2D eigenvalue weighted by molar-refractivity contribution is 0.747. The molecule has 0 bridgehead atoms. The van der Waals surface area contributed by atoms with Crippen molar-refractivity contribution in [3.63, 3.8) is 0 Å². The fourth-order valence-electron chi connectivity index (χ4n) is 1.67. The number of nitrogens with two attached hydrogens (primary N) is 1. The summed E-state index contributed by atoms with van der Waals surface area (Å²) < 4.78 is 2.82. The summed E-state index contributed by atoms with van der Waals surface area (Å²) in [4.78, 5) is 4.32. The van der Waals surface area contributed by atoms with E-state index in [9.17, 15) is 0 Å². The van der Waals surface area contributed by atoms with Gasteiger partial charge in [-0.1, -0.05) is 13.3 Å². The second-order valence-electron chi connectivity index (χ2n) is 3.74. The number of unbranched alkanes of at least 4 members (excludes halogenated alkanes) is 1. The van der Waals surface area contributed by atoms with Crippen molar-refractivity contribution in [1.82, 2.24) is 14.6 Å². The van der Waals surface area contributed by atoms with Gasteiger partial charge in [0.2, 0.25) is 0 Å². The molecule has 2 heterocycles. The van der Waals surface area contributed by atoms with Gasteiger partial charge in [0.15, 0.2) is 5.65 Å². The molecule has 0 radical (unpaired) electrons. The first-order valence-electron chi connectivity index (χ1n) is 5.49. The highest BCUT2D eigenvalue weighted by Gasteiger charge is 2.12. The van der Waals surface area contributed by atoms with E-state index >= 15 is 0 Å². The maximum Gasteiger partial charge on any atom is 0.169 e. The van der Waals surface area contributed by atoms with Gasteiger partial charge < -0.3 is 5.73 Å². The Balaban J connectivity index is 2.49. The minimum absolute atomic E-state index is 0.473. The highest BCUT2D eigenvalue weighted by atomic mass is 79.9. The van der Waals surface area contributed by atoms with E-state index in [1.54, 1.807) is 6.20 Å². The van der Waals surface area contributed by atoms with Crippen LogP contribution in [0.2, 0.25) is 0 Å². The van der Waals surface area contributed by atoms with Gasteiger partial charge in [-0.3, -0.25) is 0 Å². The average Bonchev–Trinajstić information content (AvgIpc) is 2.64. The first kappa shape index (κ1) is 11.5. The molecule has 0 unspecified atom stereocenters. The molecule has 4 nitrogen and oxygen atoms in total. The number of hydrogen-bond donors (Lipinski definition) is 1. The van der Waals surface area contributed by atoms with E-state index in [0.717, 1.165) is 40.8 Å². The normalized spacial score (nSPS) is 11.2. The quantitative estimate of drug-likeness (QED) is 0.936. The largest absolute Gasteiger partial charge is 0.325 e. The maximum absolute atomic E-state index is 5.67. The zero-order valence-electron chi connectivity index (χ0n) is 9.28. The van der Waals surface area contributed by atoms with Gasteiger partial charge in [0.1, 0.15) is 0 Å². The van der Waals surface area contributed by atoms with E-state index in [1.165, 1.54) is 0 Å². The van der Waals surface area contributed by atoms with E-state index < -0.39 is 0 Å². The molecule has 2 aromatic heterocycles. The summed E-state index contributed by atoms with van der Waals surface area (Å²) in [6.07, 6.45) is 5.05. The Morgan fingerprint density at radius 2 is 2.31 bits per heavy atom.